The molecule has 94 valence electrons. The second-order valence-corrected chi connectivity index (χ2v) is 4.57. The molecule has 1 unspecified atom stereocenters. The summed E-state index contributed by atoms with van der Waals surface area (Å²) in [6.45, 7) is 4.21. The van der Waals surface area contributed by atoms with Crippen LogP contribution in [0.15, 0.2) is 22.7 Å². The van der Waals surface area contributed by atoms with Crippen LogP contribution in [-0.4, -0.2) is 18.6 Å². The quantitative estimate of drug-likeness (QED) is 0.908. The van der Waals surface area contributed by atoms with Gasteiger partial charge in [0.1, 0.15) is 11.6 Å². The maximum absolute atomic E-state index is 13.1. The molecule has 1 amide bonds. The minimum absolute atomic E-state index is 0.202. The van der Waals surface area contributed by atoms with Gasteiger partial charge in [0.05, 0.1) is 0 Å². The third kappa shape index (κ3) is 4.73. The van der Waals surface area contributed by atoms with E-state index in [1.807, 2.05) is 6.92 Å². The zero-order valence-corrected chi connectivity index (χ0v) is 11.4. The fourth-order valence-electron chi connectivity index (χ4n) is 1.25. The minimum Gasteiger partial charge on any atom is -0.481 e. The van der Waals surface area contributed by atoms with Gasteiger partial charge in [0.25, 0.3) is 5.91 Å². The molecule has 0 aliphatic carbocycles. The van der Waals surface area contributed by atoms with Crippen molar-refractivity contribution in [2.24, 2.45) is 0 Å². The van der Waals surface area contributed by atoms with Crippen molar-refractivity contribution >= 4 is 21.8 Å². The van der Waals surface area contributed by atoms with Gasteiger partial charge in [0.15, 0.2) is 6.10 Å². The van der Waals surface area contributed by atoms with Crippen molar-refractivity contribution in [2.45, 2.75) is 26.4 Å². The first-order valence-corrected chi connectivity index (χ1v) is 6.22. The molecule has 0 saturated carbocycles. The Morgan fingerprint density at radius 1 is 1.53 bits per heavy atom. The first kappa shape index (κ1) is 14.0. The van der Waals surface area contributed by atoms with E-state index in [1.165, 1.54) is 12.1 Å². The second-order valence-electron chi connectivity index (χ2n) is 3.66. The van der Waals surface area contributed by atoms with Gasteiger partial charge in [-0.25, -0.2) is 4.39 Å². The molecule has 0 radical (unpaired) electrons. The van der Waals surface area contributed by atoms with Gasteiger partial charge in [-0.3, -0.25) is 4.79 Å². The molecule has 1 N–H and O–H groups in total. The molecular weight excluding hydrogens is 289 g/mol. The van der Waals surface area contributed by atoms with Crippen LogP contribution >= 0.6 is 15.9 Å². The molecule has 1 aromatic carbocycles. The molecule has 0 bridgehead atoms. The Morgan fingerprint density at radius 2 is 2.24 bits per heavy atom. The van der Waals surface area contributed by atoms with E-state index < -0.39 is 11.9 Å². The van der Waals surface area contributed by atoms with E-state index in [9.17, 15) is 9.18 Å². The van der Waals surface area contributed by atoms with E-state index in [0.717, 1.165) is 6.42 Å². The topological polar surface area (TPSA) is 38.3 Å². The van der Waals surface area contributed by atoms with Gasteiger partial charge >= 0.3 is 0 Å². The Bertz CT molecular complexity index is 378. The number of carbonyl (C=O) groups excluding carboxylic acids is 1. The van der Waals surface area contributed by atoms with Gasteiger partial charge in [-0.05, 0) is 25.5 Å². The van der Waals surface area contributed by atoms with Crippen molar-refractivity contribution in [1.82, 2.24) is 5.32 Å². The summed E-state index contributed by atoms with van der Waals surface area (Å²) >= 11 is 3.16. The summed E-state index contributed by atoms with van der Waals surface area (Å²) in [6.07, 6.45) is 0.222. The highest BCUT2D eigenvalue weighted by atomic mass is 79.9. The van der Waals surface area contributed by atoms with Crippen molar-refractivity contribution in [3.63, 3.8) is 0 Å². The molecule has 0 aliphatic rings. The molecule has 0 saturated heterocycles. The number of amides is 1. The number of halogens is 2. The van der Waals surface area contributed by atoms with Crippen molar-refractivity contribution in [3.05, 3.63) is 28.5 Å². The average Bonchev–Trinajstić information content (AvgIpc) is 2.24. The highest BCUT2D eigenvalue weighted by Gasteiger charge is 2.14. The number of rotatable bonds is 5. The summed E-state index contributed by atoms with van der Waals surface area (Å²) in [7, 11) is 0. The smallest absolute Gasteiger partial charge is 0.260 e. The zero-order valence-electron chi connectivity index (χ0n) is 9.80. The van der Waals surface area contributed by atoms with Crippen LogP contribution in [0.4, 0.5) is 4.39 Å². The van der Waals surface area contributed by atoms with Gasteiger partial charge in [0, 0.05) is 17.1 Å². The van der Waals surface area contributed by atoms with E-state index in [4.69, 9.17) is 4.74 Å². The van der Waals surface area contributed by atoms with Gasteiger partial charge in [-0.2, -0.15) is 0 Å². The van der Waals surface area contributed by atoms with Gasteiger partial charge in [0.2, 0.25) is 0 Å². The summed E-state index contributed by atoms with van der Waals surface area (Å²) in [4.78, 5) is 11.5. The van der Waals surface area contributed by atoms with Crippen LogP contribution in [0.1, 0.15) is 20.3 Å². The first-order valence-electron chi connectivity index (χ1n) is 5.43. The molecule has 17 heavy (non-hydrogen) atoms. The Kier molecular flexibility index (Phi) is 5.41. The molecule has 0 heterocycles. The maximum atomic E-state index is 13.1. The molecule has 3 nitrogen and oxygen atoms in total. The van der Waals surface area contributed by atoms with E-state index >= 15 is 0 Å². The zero-order chi connectivity index (χ0) is 12.8. The van der Waals surface area contributed by atoms with Crippen LogP contribution in [0, 0.1) is 5.82 Å². The molecule has 0 aromatic heterocycles. The highest BCUT2D eigenvalue weighted by Crippen LogP contribution is 2.21. The number of hydrogen-bond donors (Lipinski definition) is 1. The largest absolute Gasteiger partial charge is 0.481 e. The van der Waals surface area contributed by atoms with E-state index in [1.54, 1.807) is 13.0 Å². The third-order valence-corrected chi connectivity index (χ3v) is 2.53. The number of carbonyl (C=O) groups is 1. The molecule has 0 aliphatic heterocycles. The molecule has 1 atom stereocenters. The predicted octanol–water partition coefficient (Wildman–Crippen LogP) is 2.88. The second kappa shape index (κ2) is 6.59. The standard InChI is InChI=1S/C12H15BrFNO2/c1-3-4-15-12(16)8(2)17-11-6-9(13)5-10(14)7-11/h5-8H,3-4H2,1-2H3,(H,15,16). The number of ether oxygens (including phenoxy) is 1. The van der Waals surface area contributed by atoms with Crippen LogP contribution in [0.25, 0.3) is 0 Å². The van der Waals surface area contributed by atoms with Crippen molar-refractivity contribution < 1.29 is 13.9 Å². The lowest BCUT2D eigenvalue weighted by Gasteiger charge is -2.14. The van der Waals surface area contributed by atoms with Crippen LogP contribution in [0.5, 0.6) is 5.75 Å². The summed E-state index contributed by atoms with van der Waals surface area (Å²) in [5.41, 5.74) is 0. The lowest BCUT2D eigenvalue weighted by Crippen LogP contribution is -2.36. The summed E-state index contributed by atoms with van der Waals surface area (Å²) in [5.74, 6) is -0.279. The lowest BCUT2D eigenvalue weighted by atomic mass is 10.3. The number of nitrogens with one attached hydrogen (secondary N) is 1. The van der Waals surface area contributed by atoms with Crippen LogP contribution in [-0.2, 0) is 4.79 Å². The fourth-order valence-corrected chi connectivity index (χ4v) is 1.69. The molecular formula is C12H15BrFNO2. The summed E-state index contributed by atoms with van der Waals surface area (Å²) in [6, 6.07) is 4.19. The monoisotopic (exact) mass is 303 g/mol. The average molecular weight is 304 g/mol. The normalized spacial score (nSPS) is 12.0. The minimum atomic E-state index is -0.643. The van der Waals surface area contributed by atoms with E-state index in [-0.39, 0.29) is 5.91 Å². The molecule has 1 aromatic rings. The Hall–Kier alpha value is -1.10. The van der Waals surface area contributed by atoms with Crippen molar-refractivity contribution in [2.75, 3.05) is 6.54 Å². The fraction of sp³-hybridized carbons (Fsp3) is 0.417. The van der Waals surface area contributed by atoms with Gasteiger partial charge in [-0.15, -0.1) is 0 Å². The summed E-state index contributed by atoms with van der Waals surface area (Å²) < 4.78 is 19.0. The van der Waals surface area contributed by atoms with E-state index in [2.05, 4.69) is 21.2 Å². The van der Waals surface area contributed by atoms with E-state index in [0.29, 0.717) is 16.8 Å². The van der Waals surface area contributed by atoms with Crippen molar-refractivity contribution in [3.8, 4) is 5.75 Å². The van der Waals surface area contributed by atoms with Gasteiger partial charge < -0.3 is 10.1 Å². The summed E-state index contributed by atoms with van der Waals surface area (Å²) in [5, 5.41) is 2.71. The lowest BCUT2D eigenvalue weighted by molar-refractivity contribution is -0.127. The molecule has 5 heteroatoms. The third-order valence-electron chi connectivity index (χ3n) is 2.07. The van der Waals surface area contributed by atoms with Crippen LogP contribution < -0.4 is 10.1 Å². The SMILES string of the molecule is CCCNC(=O)C(C)Oc1cc(F)cc(Br)c1. The molecule has 1 rings (SSSR count). The number of benzene rings is 1. The predicted molar refractivity (Wildman–Crippen MR) is 67.5 cm³/mol. The Labute approximate surface area is 108 Å². The van der Waals surface area contributed by atoms with Gasteiger partial charge in [-0.1, -0.05) is 22.9 Å². The molecule has 0 fully saturated rings. The van der Waals surface area contributed by atoms with Crippen LogP contribution in [0.2, 0.25) is 0 Å². The van der Waals surface area contributed by atoms with Crippen molar-refractivity contribution in [1.29, 1.82) is 0 Å². The Morgan fingerprint density at radius 3 is 2.82 bits per heavy atom. The number of hydrogen-bond acceptors (Lipinski definition) is 2. The Balaban J connectivity index is 2.60. The first-order chi connectivity index (χ1) is 8.02. The molecule has 0 spiro atoms. The van der Waals surface area contributed by atoms with Crippen LogP contribution in [0.3, 0.4) is 0 Å². The maximum Gasteiger partial charge on any atom is 0.260 e. The highest BCUT2D eigenvalue weighted by molar-refractivity contribution is 9.10.